The predicted molar refractivity (Wildman–Crippen MR) is 105 cm³/mol. The first kappa shape index (κ1) is 19.4. The van der Waals surface area contributed by atoms with Crippen molar-refractivity contribution < 1.29 is 14.4 Å². The van der Waals surface area contributed by atoms with Gasteiger partial charge in [0.1, 0.15) is 6.04 Å². The van der Waals surface area contributed by atoms with Gasteiger partial charge >= 0.3 is 0 Å². The highest BCUT2D eigenvalue weighted by atomic mass is 35.5. The van der Waals surface area contributed by atoms with E-state index in [1.54, 1.807) is 40.5 Å². The minimum absolute atomic E-state index is 0.0227. The van der Waals surface area contributed by atoms with Gasteiger partial charge in [0.15, 0.2) is 0 Å². The summed E-state index contributed by atoms with van der Waals surface area (Å²) in [6, 6.07) is 7.61. The van der Waals surface area contributed by atoms with Gasteiger partial charge < -0.3 is 16.0 Å². The van der Waals surface area contributed by atoms with Crippen molar-refractivity contribution in [2.45, 2.75) is 31.8 Å². The van der Waals surface area contributed by atoms with Gasteiger partial charge in [-0.2, -0.15) is 0 Å². The van der Waals surface area contributed by atoms with Crippen LogP contribution in [0.4, 0.5) is 0 Å². The maximum atomic E-state index is 13.0. The SMILES string of the molecule is NC(=O)CCC(NC(=O)c1ccc(Cl)cc1)C(=O)N1CCc2sccc2C1. The van der Waals surface area contributed by atoms with E-state index < -0.39 is 11.9 Å². The molecule has 6 nitrogen and oxygen atoms in total. The molecule has 0 bridgehead atoms. The van der Waals surface area contributed by atoms with E-state index in [1.807, 2.05) is 11.4 Å². The van der Waals surface area contributed by atoms with Crippen LogP contribution in [0.2, 0.25) is 5.02 Å². The highest BCUT2D eigenvalue weighted by Gasteiger charge is 2.29. The minimum atomic E-state index is -0.805. The van der Waals surface area contributed by atoms with Crippen LogP contribution in [-0.2, 0) is 22.6 Å². The zero-order valence-electron chi connectivity index (χ0n) is 14.6. The van der Waals surface area contributed by atoms with Crippen molar-refractivity contribution in [3.63, 3.8) is 0 Å². The van der Waals surface area contributed by atoms with Gasteiger partial charge in [0, 0.05) is 35.0 Å². The molecule has 0 radical (unpaired) electrons. The molecule has 3 N–H and O–H groups in total. The van der Waals surface area contributed by atoms with Gasteiger partial charge in [-0.05, 0) is 54.1 Å². The van der Waals surface area contributed by atoms with Crippen LogP contribution in [0.15, 0.2) is 35.7 Å². The molecule has 1 aliphatic rings. The standard InChI is InChI=1S/C19H20ClN3O3S/c20-14-3-1-12(2-4-14)18(25)22-15(5-6-17(21)24)19(26)23-9-7-16-13(11-23)8-10-27-16/h1-4,8,10,15H,5-7,9,11H2,(H2,21,24)(H,22,25). The monoisotopic (exact) mass is 405 g/mol. The first-order valence-corrected chi connectivity index (χ1v) is 9.88. The Morgan fingerprint density at radius 3 is 2.67 bits per heavy atom. The van der Waals surface area contributed by atoms with Crippen molar-refractivity contribution in [2.24, 2.45) is 5.73 Å². The molecular formula is C19H20ClN3O3S. The number of primary amides is 1. The Bertz CT molecular complexity index is 850. The van der Waals surface area contributed by atoms with E-state index >= 15 is 0 Å². The topological polar surface area (TPSA) is 92.5 Å². The predicted octanol–water partition coefficient (Wildman–Crippen LogP) is 2.35. The second-order valence-corrected chi connectivity index (χ2v) is 7.85. The van der Waals surface area contributed by atoms with E-state index in [-0.39, 0.29) is 24.7 Å². The fourth-order valence-corrected chi connectivity index (χ4v) is 4.06. The van der Waals surface area contributed by atoms with Gasteiger partial charge in [0.25, 0.3) is 5.91 Å². The molecule has 2 heterocycles. The highest BCUT2D eigenvalue weighted by Crippen LogP contribution is 2.24. The molecule has 142 valence electrons. The van der Waals surface area contributed by atoms with E-state index in [2.05, 4.69) is 5.32 Å². The molecule has 1 aliphatic heterocycles. The molecule has 27 heavy (non-hydrogen) atoms. The van der Waals surface area contributed by atoms with Crippen molar-refractivity contribution in [1.29, 1.82) is 0 Å². The summed E-state index contributed by atoms with van der Waals surface area (Å²) >= 11 is 7.54. The largest absolute Gasteiger partial charge is 0.370 e. The molecule has 0 saturated carbocycles. The first-order valence-electron chi connectivity index (χ1n) is 8.63. The number of rotatable bonds is 6. The lowest BCUT2D eigenvalue weighted by Crippen LogP contribution is -2.50. The fourth-order valence-electron chi connectivity index (χ4n) is 3.04. The van der Waals surface area contributed by atoms with Crippen molar-refractivity contribution >= 4 is 40.7 Å². The molecule has 1 aromatic carbocycles. The smallest absolute Gasteiger partial charge is 0.251 e. The number of carbonyl (C=O) groups excluding carboxylic acids is 3. The van der Waals surface area contributed by atoms with Crippen LogP contribution in [0.3, 0.4) is 0 Å². The molecule has 8 heteroatoms. The van der Waals surface area contributed by atoms with E-state index in [4.69, 9.17) is 17.3 Å². The Hall–Kier alpha value is -2.38. The summed E-state index contributed by atoms with van der Waals surface area (Å²) in [5, 5.41) is 5.29. The summed E-state index contributed by atoms with van der Waals surface area (Å²) < 4.78 is 0. The molecule has 1 aromatic heterocycles. The quantitative estimate of drug-likeness (QED) is 0.772. The molecule has 0 aliphatic carbocycles. The number of benzene rings is 1. The Kier molecular flexibility index (Phi) is 6.13. The van der Waals surface area contributed by atoms with E-state index in [0.29, 0.717) is 23.7 Å². The normalized spacial score (nSPS) is 14.3. The number of nitrogens with two attached hydrogens (primary N) is 1. The van der Waals surface area contributed by atoms with Crippen LogP contribution in [0.25, 0.3) is 0 Å². The third-order valence-electron chi connectivity index (χ3n) is 4.51. The number of amides is 3. The van der Waals surface area contributed by atoms with Crippen molar-refractivity contribution in [3.05, 3.63) is 56.7 Å². The summed E-state index contributed by atoms with van der Waals surface area (Å²) in [6.45, 7) is 1.11. The summed E-state index contributed by atoms with van der Waals surface area (Å²) in [5.74, 6) is -1.09. The first-order chi connectivity index (χ1) is 12.9. The van der Waals surface area contributed by atoms with E-state index in [9.17, 15) is 14.4 Å². The number of halogens is 1. The number of carbonyl (C=O) groups is 3. The average Bonchev–Trinajstić information content (AvgIpc) is 3.12. The van der Waals surface area contributed by atoms with Crippen LogP contribution in [-0.4, -0.2) is 35.2 Å². The molecule has 0 spiro atoms. The Morgan fingerprint density at radius 1 is 1.22 bits per heavy atom. The summed E-state index contributed by atoms with van der Waals surface area (Å²) in [6.07, 6.45) is 0.988. The zero-order valence-corrected chi connectivity index (χ0v) is 16.2. The minimum Gasteiger partial charge on any atom is -0.370 e. The van der Waals surface area contributed by atoms with Crippen LogP contribution in [0.5, 0.6) is 0 Å². The summed E-state index contributed by atoms with van der Waals surface area (Å²) in [7, 11) is 0. The number of nitrogens with one attached hydrogen (secondary N) is 1. The van der Waals surface area contributed by atoms with Gasteiger partial charge in [-0.1, -0.05) is 11.6 Å². The van der Waals surface area contributed by atoms with Gasteiger partial charge in [-0.15, -0.1) is 11.3 Å². The molecule has 1 unspecified atom stereocenters. The van der Waals surface area contributed by atoms with Crippen LogP contribution >= 0.6 is 22.9 Å². The van der Waals surface area contributed by atoms with Crippen molar-refractivity contribution in [3.8, 4) is 0 Å². The van der Waals surface area contributed by atoms with Crippen LogP contribution in [0.1, 0.15) is 33.6 Å². The molecule has 0 saturated heterocycles. The molecule has 1 atom stereocenters. The Labute approximate surface area is 166 Å². The summed E-state index contributed by atoms with van der Waals surface area (Å²) in [5.41, 5.74) is 6.77. The fraction of sp³-hybridized carbons (Fsp3) is 0.316. The molecule has 2 aromatic rings. The number of hydrogen-bond donors (Lipinski definition) is 2. The third kappa shape index (κ3) is 4.87. The Morgan fingerprint density at radius 2 is 1.96 bits per heavy atom. The molecule has 3 amide bonds. The Balaban J connectivity index is 1.72. The van der Waals surface area contributed by atoms with Gasteiger partial charge in [-0.25, -0.2) is 0 Å². The van der Waals surface area contributed by atoms with Crippen LogP contribution < -0.4 is 11.1 Å². The van der Waals surface area contributed by atoms with Crippen molar-refractivity contribution in [2.75, 3.05) is 6.54 Å². The van der Waals surface area contributed by atoms with Crippen molar-refractivity contribution in [1.82, 2.24) is 10.2 Å². The second-order valence-electron chi connectivity index (χ2n) is 6.42. The maximum Gasteiger partial charge on any atom is 0.251 e. The molecule has 0 fully saturated rings. The number of fused-ring (bicyclic) bond motifs is 1. The lowest BCUT2D eigenvalue weighted by Gasteiger charge is -2.31. The van der Waals surface area contributed by atoms with E-state index in [0.717, 1.165) is 12.0 Å². The zero-order chi connectivity index (χ0) is 19.4. The molecular weight excluding hydrogens is 386 g/mol. The van der Waals surface area contributed by atoms with Gasteiger partial charge in [0.05, 0.1) is 0 Å². The van der Waals surface area contributed by atoms with E-state index in [1.165, 1.54) is 4.88 Å². The summed E-state index contributed by atoms with van der Waals surface area (Å²) in [4.78, 5) is 39.7. The van der Waals surface area contributed by atoms with Gasteiger partial charge in [0.2, 0.25) is 11.8 Å². The number of nitrogens with zero attached hydrogens (tertiary/aromatic N) is 1. The third-order valence-corrected chi connectivity index (χ3v) is 5.78. The van der Waals surface area contributed by atoms with Crippen LogP contribution in [0, 0.1) is 0 Å². The lowest BCUT2D eigenvalue weighted by molar-refractivity contribution is -0.134. The molecule has 3 rings (SSSR count). The van der Waals surface area contributed by atoms with Gasteiger partial charge in [-0.3, -0.25) is 14.4 Å². The number of thiophene rings is 1. The second kappa shape index (κ2) is 8.54. The highest BCUT2D eigenvalue weighted by molar-refractivity contribution is 7.10. The number of hydrogen-bond acceptors (Lipinski definition) is 4. The average molecular weight is 406 g/mol. The maximum absolute atomic E-state index is 13.0. The lowest BCUT2D eigenvalue weighted by atomic mass is 10.0.